The first-order valence-electron chi connectivity index (χ1n) is 3.65. The summed E-state index contributed by atoms with van der Waals surface area (Å²) in [6.45, 7) is 1.08. The van der Waals surface area contributed by atoms with Gasteiger partial charge in [0, 0.05) is 6.92 Å². The van der Waals surface area contributed by atoms with Crippen LogP contribution in [-0.2, 0) is 22.2 Å². The van der Waals surface area contributed by atoms with Crippen molar-refractivity contribution in [1.29, 1.82) is 0 Å². The molecule has 6 nitrogen and oxygen atoms in total. The van der Waals surface area contributed by atoms with E-state index < -0.39 is 23.3 Å². The van der Waals surface area contributed by atoms with Gasteiger partial charge in [0.25, 0.3) is 5.97 Å². The molecule has 1 heterocycles. The fourth-order valence-corrected chi connectivity index (χ4v) is 2.25. The van der Waals surface area contributed by atoms with E-state index in [4.69, 9.17) is 20.7 Å². The number of carboxylic acid groups (broad SMARTS) is 1. The van der Waals surface area contributed by atoms with Gasteiger partial charge in [-0.1, -0.05) is 0 Å². The van der Waals surface area contributed by atoms with Crippen LogP contribution in [-0.4, -0.2) is 29.7 Å². The quantitative estimate of drug-likeness (QED) is 0.595. The number of rotatable bonds is 2. The van der Waals surface area contributed by atoms with Crippen molar-refractivity contribution in [3.8, 4) is 0 Å². The summed E-state index contributed by atoms with van der Waals surface area (Å²) in [6.07, 6.45) is 3.46. The molecule has 0 aromatic carbocycles. The van der Waals surface area contributed by atoms with Gasteiger partial charge in [-0.3, -0.25) is 4.79 Å². The summed E-state index contributed by atoms with van der Waals surface area (Å²) in [6, 6.07) is 0. The van der Waals surface area contributed by atoms with Crippen molar-refractivity contribution in [2.75, 3.05) is 10.9 Å². The number of carboxylic acids is 1. The summed E-state index contributed by atoms with van der Waals surface area (Å²) in [7, 11) is 0. The molecule has 1 aromatic rings. The number of hydrogen-bond acceptors (Lipinski definition) is 4. The molecule has 7 heteroatoms. The van der Waals surface area contributed by atoms with Gasteiger partial charge in [0.05, 0.1) is 0 Å². The number of carbonyl (C=O) groups is 1. The zero-order valence-corrected chi connectivity index (χ0v) is 10.3. The second-order valence-corrected chi connectivity index (χ2v) is 5.53. The molecule has 1 rings (SSSR count). The van der Waals surface area contributed by atoms with Crippen molar-refractivity contribution in [1.82, 2.24) is 8.29 Å². The number of hydrogen-bond donors (Lipinski definition) is 3. The predicted molar refractivity (Wildman–Crippen MR) is 42.4 cm³/mol. The van der Waals surface area contributed by atoms with Gasteiger partial charge in [0.2, 0.25) is 0 Å². The maximum absolute atomic E-state index is 9.00. The Morgan fingerprint density at radius 1 is 1.85 bits per heavy atom. The van der Waals surface area contributed by atoms with Gasteiger partial charge in [-0.15, -0.1) is 0 Å². The standard InChI is InChI=1S/C3H4N3.C2H4O2.CH3O.Zn/c4-3-5-1-2-6-3;1-2(3)4;1-2;/h1-2H,(H2-,4,5,6);1H3,(H,3,4);2H,1H2;/q-1;;;+1. The van der Waals surface area contributed by atoms with E-state index in [1.807, 2.05) is 9.51 Å². The molecule has 0 atom stereocenters. The van der Waals surface area contributed by atoms with Gasteiger partial charge in [-0.2, -0.15) is 0 Å². The predicted octanol–water partition coefficient (Wildman–Crippen LogP) is -0.648. The molecule has 13 heavy (non-hydrogen) atoms. The topological polar surface area (TPSA) is 101 Å². The number of aliphatic hydroxyl groups is 1. The minimum absolute atomic E-state index is 0.285. The number of imidazole rings is 1. The van der Waals surface area contributed by atoms with Crippen LogP contribution in [0.5, 0.6) is 0 Å². The SMILES string of the molecule is CC(=O)O.Nc1ncc[n]1[Zn][CH2]O. The molecule has 0 aliphatic carbocycles. The van der Waals surface area contributed by atoms with Crippen LogP contribution >= 0.6 is 0 Å². The van der Waals surface area contributed by atoms with Gasteiger partial charge in [0.15, 0.2) is 0 Å². The summed E-state index contributed by atoms with van der Waals surface area (Å²) in [5.41, 5.74) is 5.41. The molecule has 0 saturated heterocycles. The second-order valence-electron chi connectivity index (χ2n) is 2.22. The van der Waals surface area contributed by atoms with Crippen molar-refractivity contribution in [2.45, 2.75) is 6.92 Å². The minimum atomic E-state index is -0.996. The summed E-state index contributed by atoms with van der Waals surface area (Å²) >= 11 is -0.996. The molecule has 0 bridgehead atoms. The van der Waals surface area contributed by atoms with Gasteiger partial charge in [-0.25, -0.2) is 0 Å². The summed E-state index contributed by atoms with van der Waals surface area (Å²) in [5.74, 6) is -0.302. The Labute approximate surface area is 83.2 Å². The molecular formula is C6H11N3O3Zn. The number of nitrogens with zero attached hydrogens (tertiary/aromatic N) is 2. The van der Waals surface area contributed by atoms with E-state index in [1.165, 1.54) is 0 Å². The first kappa shape index (κ1) is 12.1. The third-order valence-electron chi connectivity index (χ3n) is 1.09. The van der Waals surface area contributed by atoms with Gasteiger partial charge in [-0.05, 0) is 0 Å². The average Bonchev–Trinajstić information content (AvgIpc) is 2.36. The number of aliphatic hydroxyl groups excluding tert-OH is 1. The van der Waals surface area contributed by atoms with E-state index in [1.54, 1.807) is 6.20 Å². The van der Waals surface area contributed by atoms with E-state index in [2.05, 4.69) is 4.98 Å². The zero-order valence-electron chi connectivity index (χ0n) is 7.34. The van der Waals surface area contributed by atoms with Crippen LogP contribution in [0.3, 0.4) is 0 Å². The summed E-state index contributed by atoms with van der Waals surface area (Å²) < 4.78 is 1.87. The van der Waals surface area contributed by atoms with Crippen molar-refractivity contribution < 1.29 is 32.4 Å². The molecule has 0 fully saturated rings. The monoisotopic (exact) mass is 237 g/mol. The Morgan fingerprint density at radius 2 is 2.38 bits per heavy atom. The van der Waals surface area contributed by atoms with E-state index in [9.17, 15) is 0 Å². The van der Waals surface area contributed by atoms with Crippen molar-refractivity contribution in [3.63, 3.8) is 0 Å². The molecular weight excluding hydrogens is 227 g/mol. The molecule has 0 spiro atoms. The number of aliphatic carboxylic acids is 1. The van der Waals surface area contributed by atoms with Crippen LogP contribution in [0.25, 0.3) is 0 Å². The Kier molecular flexibility index (Phi) is 6.09. The molecule has 0 saturated carbocycles. The Hall–Kier alpha value is -0.937. The zero-order chi connectivity index (χ0) is 10.3. The van der Waals surface area contributed by atoms with Crippen LogP contribution in [0.1, 0.15) is 6.92 Å². The fraction of sp³-hybridized carbons (Fsp3) is 0.333. The Morgan fingerprint density at radius 3 is 2.69 bits per heavy atom. The number of aromatic nitrogens is 2. The van der Waals surface area contributed by atoms with E-state index >= 15 is 0 Å². The molecule has 0 aliphatic rings. The number of anilines is 1. The Balaban J connectivity index is 0.000000310. The molecule has 0 unspecified atom stereocenters. The van der Waals surface area contributed by atoms with Gasteiger partial charge >= 0.3 is 60.0 Å². The molecule has 1 aromatic heterocycles. The molecule has 0 aliphatic heterocycles. The van der Waals surface area contributed by atoms with Crippen LogP contribution in [0.4, 0.5) is 5.95 Å². The van der Waals surface area contributed by atoms with Crippen molar-refractivity contribution >= 4 is 11.9 Å². The summed E-state index contributed by atoms with van der Waals surface area (Å²) in [5, 5.41) is 16.2. The van der Waals surface area contributed by atoms with Crippen LogP contribution < -0.4 is 5.73 Å². The van der Waals surface area contributed by atoms with Crippen LogP contribution in [0.2, 0.25) is 0 Å². The fourth-order valence-electron chi connectivity index (χ4n) is 0.638. The second kappa shape index (κ2) is 6.57. The number of nitrogen functional groups attached to an aromatic ring is 1. The normalized spacial score (nSPS) is 8.15. The van der Waals surface area contributed by atoms with E-state index in [0.29, 0.717) is 5.95 Å². The average molecular weight is 239 g/mol. The molecule has 4 N–H and O–H groups in total. The third-order valence-corrected chi connectivity index (χ3v) is 3.64. The summed E-state index contributed by atoms with van der Waals surface area (Å²) in [4.78, 5) is 12.8. The Bertz CT molecular complexity index is 259. The third kappa shape index (κ3) is 6.24. The first-order chi connectivity index (χ1) is 6.07. The van der Waals surface area contributed by atoms with Crippen molar-refractivity contribution in [2.24, 2.45) is 0 Å². The number of nitrogens with two attached hydrogens (primary N) is 1. The van der Waals surface area contributed by atoms with E-state index in [0.717, 1.165) is 6.92 Å². The van der Waals surface area contributed by atoms with Gasteiger partial charge < -0.3 is 5.11 Å². The molecule has 70 valence electrons. The van der Waals surface area contributed by atoms with E-state index in [-0.39, 0.29) is 5.20 Å². The van der Waals surface area contributed by atoms with Gasteiger partial charge in [0.1, 0.15) is 0 Å². The maximum atomic E-state index is 9.00. The van der Waals surface area contributed by atoms with Crippen LogP contribution in [0, 0.1) is 0 Å². The first-order valence-corrected chi connectivity index (χ1v) is 7.07. The molecule has 0 amide bonds. The van der Waals surface area contributed by atoms with Crippen molar-refractivity contribution in [3.05, 3.63) is 12.4 Å². The molecule has 0 radical (unpaired) electrons. The van der Waals surface area contributed by atoms with Crippen LogP contribution in [0.15, 0.2) is 12.4 Å².